The van der Waals surface area contributed by atoms with E-state index in [-0.39, 0.29) is 5.82 Å². The standard InChI is InChI=1S/C17H26FN/c1-3-8-17(9-4-2)10-11-19-13-16(17)14-6-5-7-15(18)12-14/h5-7,12,16,19H,3-4,8-11,13H2,1-2H3. The summed E-state index contributed by atoms with van der Waals surface area (Å²) in [6.07, 6.45) is 6.15. The van der Waals surface area contributed by atoms with E-state index in [1.54, 1.807) is 12.1 Å². The molecule has 1 aromatic carbocycles. The number of benzene rings is 1. The summed E-state index contributed by atoms with van der Waals surface area (Å²) in [7, 11) is 0. The van der Waals surface area contributed by atoms with Crippen molar-refractivity contribution in [3.63, 3.8) is 0 Å². The molecule has 0 spiro atoms. The van der Waals surface area contributed by atoms with Crippen LogP contribution in [0.25, 0.3) is 0 Å². The van der Waals surface area contributed by atoms with Gasteiger partial charge in [-0.2, -0.15) is 0 Å². The molecule has 1 aliphatic rings. The maximum absolute atomic E-state index is 13.5. The molecule has 0 amide bonds. The van der Waals surface area contributed by atoms with Crippen LogP contribution in [0, 0.1) is 11.2 Å². The molecule has 1 aromatic rings. The van der Waals surface area contributed by atoms with Crippen molar-refractivity contribution in [3.05, 3.63) is 35.6 Å². The summed E-state index contributed by atoms with van der Waals surface area (Å²) in [5.41, 5.74) is 1.54. The first kappa shape index (κ1) is 14.5. The monoisotopic (exact) mass is 263 g/mol. The van der Waals surface area contributed by atoms with Gasteiger partial charge in [0.25, 0.3) is 0 Å². The molecular formula is C17H26FN. The zero-order valence-corrected chi connectivity index (χ0v) is 12.2. The van der Waals surface area contributed by atoms with E-state index in [1.807, 2.05) is 6.07 Å². The molecule has 0 saturated carbocycles. The van der Waals surface area contributed by atoms with Crippen LogP contribution in [0.5, 0.6) is 0 Å². The summed E-state index contributed by atoms with van der Waals surface area (Å²) in [4.78, 5) is 0. The van der Waals surface area contributed by atoms with Gasteiger partial charge >= 0.3 is 0 Å². The van der Waals surface area contributed by atoms with Gasteiger partial charge in [-0.25, -0.2) is 4.39 Å². The molecule has 0 aliphatic carbocycles. The van der Waals surface area contributed by atoms with Gasteiger partial charge in [-0.3, -0.25) is 0 Å². The van der Waals surface area contributed by atoms with E-state index in [9.17, 15) is 4.39 Å². The Morgan fingerprint density at radius 2 is 2.00 bits per heavy atom. The normalized spacial score (nSPS) is 22.4. The van der Waals surface area contributed by atoms with E-state index in [4.69, 9.17) is 0 Å². The molecule has 1 N–H and O–H groups in total. The average Bonchev–Trinajstić information content (AvgIpc) is 2.40. The zero-order chi connectivity index (χ0) is 13.7. The molecule has 1 fully saturated rings. The number of hydrogen-bond donors (Lipinski definition) is 1. The second kappa shape index (κ2) is 6.51. The number of hydrogen-bond acceptors (Lipinski definition) is 1. The predicted octanol–water partition coefficient (Wildman–Crippen LogP) is 4.49. The highest BCUT2D eigenvalue weighted by Gasteiger charge is 2.39. The van der Waals surface area contributed by atoms with Gasteiger partial charge in [0, 0.05) is 12.5 Å². The van der Waals surface area contributed by atoms with E-state index >= 15 is 0 Å². The summed E-state index contributed by atoms with van der Waals surface area (Å²) < 4.78 is 13.5. The minimum atomic E-state index is -0.107. The van der Waals surface area contributed by atoms with Crippen molar-refractivity contribution in [2.75, 3.05) is 13.1 Å². The van der Waals surface area contributed by atoms with Gasteiger partial charge in [0.2, 0.25) is 0 Å². The predicted molar refractivity (Wildman–Crippen MR) is 78.9 cm³/mol. The van der Waals surface area contributed by atoms with Crippen LogP contribution in [0.4, 0.5) is 4.39 Å². The molecule has 1 nitrogen and oxygen atoms in total. The second-order valence-electron chi connectivity index (χ2n) is 5.92. The Morgan fingerprint density at radius 1 is 1.26 bits per heavy atom. The maximum Gasteiger partial charge on any atom is 0.123 e. The molecule has 106 valence electrons. The zero-order valence-electron chi connectivity index (χ0n) is 12.2. The highest BCUT2D eigenvalue weighted by atomic mass is 19.1. The van der Waals surface area contributed by atoms with E-state index in [0.717, 1.165) is 13.1 Å². The molecular weight excluding hydrogens is 237 g/mol. The summed E-state index contributed by atoms with van der Waals surface area (Å²) in [6.45, 7) is 6.62. The van der Waals surface area contributed by atoms with E-state index < -0.39 is 0 Å². The lowest BCUT2D eigenvalue weighted by Crippen LogP contribution is -2.43. The van der Waals surface area contributed by atoms with Gasteiger partial charge in [-0.05, 0) is 48.9 Å². The quantitative estimate of drug-likeness (QED) is 0.825. The Morgan fingerprint density at radius 3 is 2.63 bits per heavy atom. The van der Waals surface area contributed by atoms with Crippen LogP contribution in [0.2, 0.25) is 0 Å². The first-order valence-electron chi connectivity index (χ1n) is 7.68. The van der Waals surface area contributed by atoms with Crippen molar-refractivity contribution in [3.8, 4) is 0 Å². The topological polar surface area (TPSA) is 12.0 Å². The van der Waals surface area contributed by atoms with Crippen molar-refractivity contribution in [2.24, 2.45) is 5.41 Å². The average molecular weight is 263 g/mol. The lowest BCUT2D eigenvalue weighted by molar-refractivity contribution is 0.130. The minimum Gasteiger partial charge on any atom is -0.316 e. The smallest absolute Gasteiger partial charge is 0.123 e. The summed E-state index contributed by atoms with van der Waals surface area (Å²) in [6, 6.07) is 7.22. The van der Waals surface area contributed by atoms with Crippen LogP contribution in [0.15, 0.2) is 24.3 Å². The van der Waals surface area contributed by atoms with Crippen LogP contribution >= 0.6 is 0 Å². The first-order chi connectivity index (χ1) is 9.22. The number of rotatable bonds is 5. The number of halogens is 1. The summed E-state index contributed by atoms with van der Waals surface area (Å²) in [5.74, 6) is 0.349. The van der Waals surface area contributed by atoms with Gasteiger partial charge in [0.05, 0.1) is 0 Å². The van der Waals surface area contributed by atoms with Crippen molar-refractivity contribution in [2.45, 2.75) is 51.9 Å². The maximum atomic E-state index is 13.5. The van der Waals surface area contributed by atoms with Crippen LogP contribution in [0.3, 0.4) is 0 Å². The Labute approximate surface area is 116 Å². The molecule has 1 saturated heterocycles. The third-order valence-corrected chi connectivity index (χ3v) is 4.63. The Hall–Kier alpha value is -0.890. The molecule has 0 aromatic heterocycles. The number of nitrogens with one attached hydrogen (secondary N) is 1. The molecule has 1 heterocycles. The van der Waals surface area contributed by atoms with Crippen molar-refractivity contribution in [1.29, 1.82) is 0 Å². The van der Waals surface area contributed by atoms with Gasteiger partial charge < -0.3 is 5.32 Å². The fourth-order valence-electron chi connectivity index (χ4n) is 3.89. The van der Waals surface area contributed by atoms with Gasteiger partial charge in [-0.15, -0.1) is 0 Å². The fraction of sp³-hybridized carbons (Fsp3) is 0.647. The Kier molecular flexibility index (Phi) is 4.98. The third-order valence-electron chi connectivity index (χ3n) is 4.63. The van der Waals surface area contributed by atoms with E-state index in [1.165, 1.54) is 37.7 Å². The third kappa shape index (κ3) is 3.17. The summed E-state index contributed by atoms with van der Waals surface area (Å²) in [5, 5.41) is 3.50. The van der Waals surface area contributed by atoms with Gasteiger partial charge in [0.1, 0.15) is 5.82 Å². The molecule has 2 rings (SSSR count). The first-order valence-corrected chi connectivity index (χ1v) is 7.68. The molecule has 0 bridgehead atoms. The van der Waals surface area contributed by atoms with Gasteiger partial charge in [-0.1, -0.05) is 38.8 Å². The molecule has 1 aliphatic heterocycles. The highest BCUT2D eigenvalue weighted by Crippen LogP contribution is 2.47. The van der Waals surface area contributed by atoms with E-state index in [2.05, 4.69) is 25.2 Å². The highest BCUT2D eigenvalue weighted by molar-refractivity contribution is 5.24. The Bertz CT molecular complexity index is 390. The van der Waals surface area contributed by atoms with Crippen molar-refractivity contribution >= 4 is 0 Å². The molecule has 2 heteroatoms. The van der Waals surface area contributed by atoms with Crippen molar-refractivity contribution in [1.82, 2.24) is 5.32 Å². The molecule has 1 unspecified atom stereocenters. The lowest BCUT2D eigenvalue weighted by atomic mass is 9.63. The fourth-order valence-corrected chi connectivity index (χ4v) is 3.89. The van der Waals surface area contributed by atoms with Crippen LogP contribution in [0.1, 0.15) is 57.4 Å². The molecule has 19 heavy (non-hydrogen) atoms. The Balaban J connectivity index is 2.32. The summed E-state index contributed by atoms with van der Waals surface area (Å²) >= 11 is 0. The van der Waals surface area contributed by atoms with Crippen LogP contribution in [-0.2, 0) is 0 Å². The molecule has 0 radical (unpaired) electrons. The van der Waals surface area contributed by atoms with Crippen LogP contribution in [-0.4, -0.2) is 13.1 Å². The lowest BCUT2D eigenvalue weighted by Gasteiger charge is -2.45. The number of piperidine rings is 1. The largest absolute Gasteiger partial charge is 0.316 e. The molecule has 1 atom stereocenters. The second-order valence-corrected chi connectivity index (χ2v) is 5.92. The minimum absolute atomic E-state index is 0.107. The van der Waals surface area contributed by atoms with Crippen LogP contribution < -0.4 is 5.32 Å². The van der Waals surface area contributed by atoms with E-state index in [0.29, 0.717) is 11.3 Å². The SMILES string of the molecule is CCCC1(CCC)CCNCC1c1cccc(F)c1. The van der Waals surface area contributed by atoms with Crippen molar-refractivity contribution < 1.29 is 4.39 Å². The van der Waals surface area contributed by atoms with Gasteiger partial charge in [0.15, 0.2) is 0 Å².